The fraction of sp³-hybridized carbons (Fsp3) is 0.400. The first kappa shape index (κ1) is 20.4. The molecule has 1 amide bonds. The monoisotopic (exact) mass is 401 g/mol. The molecule has 0 radical (unpaired) electrons. The molecule has 1 aliphatic rings. The lowest BCUT2D eigenvalue weighted by atomic mass is 10.1. The van der Waals surface area contributed by atoms with Crippen molar-refractivity contribution in [2.45, 2.75) is 39.7 Å². The summed E-state index contributed by atoms with van der Waals surface area (Å²) in [6, 6.07) is 4.91. The molecular formula is C20H23N3O6. The first-order valence-corrected chi connectivity index (χ1v) is 9.21. The second-order valence-corrected chi connectivity index (χ2v) is 7.11. The lowest BCUT2D eigenvalue weighted by molar-refractivity contribution is -0.385. The Morgan fingerprint density at radius 1 is 1.24 bits per heavy atom. The number of nitrogens with zero attached hydrogens (tertiary/aromatic N) is 2. The summed E-state index contributed by atoms with van der Waals surface area (Å²) in [4.78, 5) is 35.1. The minimum absolute atomic E-state index is 0.0282. The van der Waals surface area contributed by atoms with Gasteiger partial charge >= 0.3 is 11.7 Å². The van der Waals surface area contributed by atoms with Crippen LogP contribution in [-0.4, -0.2) is 35.1 Å². The molecule has 1 heterocycles. The zero-order chi connectivity index (χ0) is 21.3. The van der Waals surface area contributed by atoms with Gasteiger partial charge in [0.2, 0.25) is 0 Å². The molecule has 0 unspecified atom stereocenters. The van der Waals surface area contributed by atoms with E-state index >= 15 is 0 Å². The number of ether oxygens (including phenoxy) is 2. The molecule has 0 saturated heterocycles. The van der Waals surface area contributed by atoms with Gasteiger partial charge in [0, 0.05) is 35.2 Å². The third kappa shape index (κ3) is 4.23. The van der Waals surface area contributed by atoms with Crippen LogP contribution in [0.25, 0.3) is 0 Å². The van der Waals surface area contributed by atoms with Gasteiger partial charge < -0.3 is 19.4 Å². The van der Waals surface area contributed by atoms with Crippen molar-refractivity contribution in [3.8, 4) is 5.75 Å². The summed E-state index contributed by atoms with van der Waals surface area (Å²) in [5.41, 5.74) is 2.93. The molecule has 3 rings (SSSR count). The van der Waals surface area contributed by atoms with Crippen LogP contribution < -0.4 is 10.1 Å². The number of nitrogens with one attached hydrogen (secondary N) is 1. The maximum absolute atomic E-state index is 12.4. The molecule has 0 spiro atoms. The highest BCUT2D eigenvalue weighted by Crippen LogP contribution is 2.38. The van der Waals surface area contributed by atoms with E-state index in [0.717, 1.165) is 24.2 Å². The van der Waals surface area contributed by atoms with Crippen LogP contribution >= 0.6 is 0 Å². The molecule has 1 fully saturated rings. The predicted octanol–water partition coefficient (Wildman–Crippen LogP) is 3.46. The van der Waals surface area contributed by atoms with Crippen molar-refractivity contribution < 1.29 is 24.0 Å². The lowest BCUT2D eigenvalue weighted by Crippen LogP contribution is -2.21. The van der Waals surface area contributed by atoms with Crippen molar-refractivity contribution in [1.29, 1.82) is 0 Å². The second-order valence-electron chi connectivity index (χ2n) is 7.11. The Bertz CT molecular complexity index is 991. The van der Waals surface area contributed by atoms with Crippen LogP contribution in [0.1, 0.15) is 46.2 Å². The highest BCUT2D eigenvalue weighted by Gasteiger charge is 2.29. The maximum Gasteiger partial charge on any atom is 0.340 e. The van der Waals surface area contributed by atoms with Gasteiger partial charge in [-0.3, -0.25) is 14.9 Å². The normalized spacial score (nSPS) is 13.1. The third-order valence-corrected chi connectivity index (χ3v) is 4.95. The number of rotatable bonds is 7. The number of benzene rings is 1. The first-order valence-electron chi connectivity index (χ1n) is 9.21. The molecule has 0 bridgehead atoms. The molecule has 2 aromatic rings. The molecular weight excluding hydrogens is 378 g/mol. The van der Waals surface area contributed by atoms with Gasteiger partial charge in [0.05, 0.1) is 17.6 Å². The van der Waals surface area contributed by atoms with Crippen LogP contribution in [0.15, 0.2) is 18.2 Å². The Labute approximate surface area is 167 Å². The van der Waals surface area contributed by atoms with Gasteiger partial charge in [-0.2, -0.15) is 0 Å². The Morgan fingerprint density at radius 3 is 2.52 bits per heavy atom. The summed E-state index contributed by atoms with van der Waals surface area (Å²) in [7, 11) is 1.31. The molecule has 1 aliphatic carbocycles. The molecule has 0 atom stereocenters. The molecule has 1 saturated carbocycles. The molecule has 1 N–H and O–H groups in total. The molecule has 0 aliphatic heterocycles. The predicted molar refractivity (Wildman–Crippen MR) is 105 cm³/mol. The number of nitro groups is 1. The summed E-state index contributed by atoms with van der Waals surface area (Å²) in [6.07, 6.45) is 2.20. The standard InChI is InChI=1S/C20H23N3O6/c1-11-7-17(23(26)27)18(28-4)9-16(11)21-19(24)10-29-20(25)15-8-12(2)22(13(15)3)14-5-6-14/h7-9,14H,5-6,10H2,1-4H3,(H,21,24). The molecule has 29 heavy (non-hydrogen) atoms. The SMILES string of the molecule is COc1cc(NC(=O)COC(=O)c2cc(C)n(C3CC3)c2C)c(C)cc1[N+](=O)[O-]. The van der Waals surface area contributed by atoms with E-state index in [-0.39, 0.29) is 11.4 Å². The first-order chi connectivity index (χ1) is 13.7. The van der Waals surface area contributed by atoms with Crippen LogP contribution in [0, 0.1) is 30.9 Å². The van der Waals surface area contributed by atoms with Crippen LogP contribution in [0.3, 0.4) is 0 Å². The quantitative estimate of drug-likeness (QED) is 0.432. The lowest BCUT2D eigenvalue weighted by Gasteiger charge is -2.11. The number of carbonyl (C=O) groups is 2. The van der Waals surface area contributed by atoms with E-state index in [2.05, 4.69) is 9.88 Å². The van der Waals surface area contributed by atoms with Gasteiger partial charge in [-0.05, 0) is 45.2 Å². The largest absolute Gasteiger partial charge is 0.490 e. The van der Waals surface area contributed by atoms with E-state index in [1.165, 1.54) is 19.2 Å². The van der Waals surface area contributed by atoms with Gasteiger partial charge in [0.25, 0.3) is 5.91 Å². The van der Waals surface area contributed by atoms with Crippen LogP contribution in [0.2, 0.25) is 0 Å². The summed E-state index contributed by atoms with van der Waals surface area (Å²) in [5.74, 6) is -1.08. The molecule has 9 heteroatoms. The second kappa shape index (κ2) is 7.94. The molecule has 1 aromatic carbocycles. The number of carbonyl (C=O) groups excluding carboxylic acids is 2. The average Bonchev–Trinajstić information content (AvgIpc) is 3.45. The zero-order valence-electron chi connectivity index (χ0n) is 16.8. The summed E-state index contributed by atoms with van der Waals surface area (Å²) in [6.45, 7) is 4.97. The highest BCUT2D eigenvalue weighted by molar-refractivity contribution is 5.96. The number of methoxy groups -OCH3 is 1. The van der Waals surface area contributed by atoms with E-state index < -0.39 is 23.4 Å². The van der Waals surface area contributed by atoms with Gasteiger partial charge in [-0.1, -0.05) is 0 Å². The van der Waals surface area contributed by atoms with Gasteiger partial charge in [-0.15, -0.1) is 0 Å². The van der Waals surface area contributed by atoms with Gasteiger partial charge in [-0.25, -0.2) is 4.79 Å². The van der Waals surface area contributed by atoms with E-state index in [9.17, 15) is 19.7 Å². The average molecular weight is 401 g/mol. The summed E-state index contributed by atoms with van der Waals surface area (Å²) in [5, 5.41) is 13.6. The van der Waals surface area contributed by atoms with Crippen molar-refractivity contribution in [3.05, 3.63) is 50.8 Å². The maximum atomic E-state index is 12.4. The van der Waals surface area contributed by atoms with E-state index in [1.807, 2.05) is 13.8 Å². The van der Waals surface area contributed by atoms with Crippen molar-refractivity contribution in [1.82, 2.24) is 4.57 Å². The number of hydrogen-bond donors (Lipinski definition) is 1. The smallest absolute Gasteiger partial charge is 0.340 e. The van der Waals surface area contributed by atoms with Crippen LogP contribution in [-0.2, 0) is 9.53 Å². The number of amides is 1. The number of anilines is 1. The van der Waals surface area contributed by atoms with Crippen molar-refractivity contribution in [2.24, 2.45) is 0 Å². The van der Waals surface area contributed by atoms with Gasteiger partial charge in [0.15, 0.2) is 12.4 Å². The zero-order valence-corrected chi connectivity index (χ0v) is 16.8. The third-order valence-electron chi connectivity index (χ3n) is 4.95. The summed E-state index contributed by atoms with van der Waals surface area (Å²) >= 11 is 0. The Balaban J connectivity index is 1.65. The Kier molecular flexibility index (Phi) is 5.58. The van der Waals surface area contributed by atoms with Crippen molar-refractivity contribution in [2.75, 3.05) is 19.0 Å². The fourth-order valence-electron chi connectivity index (χ4n) is 3.39. The number of hydrogen-bond acceptors (Lipinski definition) is 6. The number of aryl methyl sites for hydroxylation is 2. The Morgan fingerprint density at radius 2 is 1.93 bits per heavy atom. The number of nitro benzene ring substituents is 1. The van der Waals surface area contributed by atoms with Crippen molar-refractivity contribution >= 4 is 23.3 Å². The minimum Gasteiger partial charge on any atom is -0.490 e. The Hall–Kier alpha value is -3.36. The van der Waals surface area contributed by atoms with Crippen molar-refractivity contribution in [3.63, 3.8) is 0 Å². The molecule has 1 aromatic heterocycles. The topological polar surface area (TPSA) is 113 Å². The van der Waals surface area contributed by atoms with E-state index in [0.29, 0.717) is 22.9 Å². The summed E-state index contributed by atoms with van der Waals surface area (Å²) < 4.78 is 12.3. The highest BCUT2D eigenvalue weighted by atomic mass is 16.6. The van der Waals surface area contributed by atoms with E-state index in [1.54, 1.807) is 13.0 Å². The molecule has 9 nitrogen and oxygen atoms in total. The number of aromatic nitrogens is 1. The molecule has 154 valence electrons. The van der Waals surface area contributed by atoms with E-state index in [4.69, 9.17) is 9.47 Å². The fourth-order valence-corrected chi connectivity index (χ4v) is 3.39. The minimum atomic E-state index is -0.558. The van der Waals surface area contributed by atoms with Gasteiger partial charge in [0.1, 0.15) is 0 Å². The number of esters is 1. The van der Waals surface area contributed by atoms with Crippen LogP contribution in [0.5, 0.6) is 5.75 Å². The van der Waals surface area contributed by atoms with Crippen LogP contribution in [0.4, 0.5) is 11.4 Å².